The number of rotatable bonds is 6. The van der Waals surface area contributed by atoms with Crippen LogP contribution in [0.5, 0.6) is 5.75 Å². The average molecular weight is 517 g/mol. The van der Waals surface area contributed by atoms with Crippen molar-refractivity contribution < 1.29 is 9.90 Å². The summed E-state index contributed by atoms with van der Waals surface area (Å²) >= 11 is 6.12. The van der Waals surface area contributed by atoms with Crippen LogP contribution in [-0.2, 0) is 13.0 Å². The number of nitrogens with two attached hydrogens (primary N) is 1. The van der Waals surface area contributed by atoms with E-state index in [1.54, 1.807) is 12.1 Å². The van der Waals surface area contributed by atoms with Crippen molar-refractivity contribution in [3.8, 4) is 16.9 Å². The number of phenolic OH excluding ortho intramolecular Hbond substituents is 1. The Morgan fingerprint density at radius 3 is 2.18 bits per heavy atom. The molecule has 0 saturated carbocycles. The molecule has 6 rings (SSSR count). The zero-order valence-corrected chi connectivity index (χ0v) is 21.3. The molecule has 0 unspecified atom stereocenters. The fourth-order valence-electron chi connectivity index (χ4n) is 5.29. The molecule has 6 aromatic rings. The molecule has 0 saturated heterocycles. The second-order valence-corrected chi connectivity index (χ2v) is 9.91. The summed E-state index contributed by atoms with van der Waals surface area (Å²) in [5.74, 6) is -0.428. The van der Waals surface area contributed by atoms with Crippen molar-refractivity contribution in [3.63, 3.8) is 0 Å². The van der Waals surface area contributed by atoms with Gasteiger partial charge in [-0.2, -0.15) is 0 Å². The van der Waals surface area contributed by atoms with E-state index in [4.69, 9.17) is 17.3 Å². The first kappa shape index (κ1) is 23.8. The van der Waals surface area contributed by atoms with E-state index in [0.29, 0.717) is 27.9 Å². The zero-order chi connectivity index (χ0) is 26.2. The minimum atomic E-state index is -0.527. The first-order valence-electron chi connectivity index (χ1n) is 12.4. The standard InChI is InChI=1S/C33H25ClN2O2/c34-26-15-13-22(14-16-26)25-18-29-32(30(37)19-25)31-27(33(35)38)11-6-12-28(31)36(29)20-24-10-5-4-9-23(24)17-21-7-2-1-3-8-21/h1-16,18-19,37H,17,20H2,(H2,35,38). The molecule has 1 aromatic heterocycles. The number of primary amides is 1. The summed E-state index contributed by atoms with van der Waals surface area (Å²) in [6, 6.07) is 35.6. The van der Waals surface area contributed by atoms with Crippen LogP contribution in [0.25, 0.3) is 32.9 Å². The van der Waals surface area contributed by atoms with Crippen LogP contribution in [0.15, 0.2) is 109 Å². The van der Waals surface area contributed by atoms with Gasteiger partial charge in [0.25, 0.3) is 0 Å². The van der Waals surface area contributed by atoms with Gasteiger partial charge in [-0.1, -0.05) is 84.4 Å². The Hall–Kier alpha value is -4.54. The molecule has 3 N–H and O–H groups in total. The lowest BCUT2D eigenvalue weighted by molar-refractivity contribution is 0.100. The number of aromatic hydroxyl groups is 1. The summed E-state index contributed by atoms with van der Waals surface area (Å²) in [6.45, 7) is 0.564. The third-order valence-electron chi connectivity index (χ3n) is 7.10. The van der Waals surface area contributed by atoms with Crippen LogP contribution in [-0.4, -0.2) is 15.6 Å². The molecule has 186 valence electrons. The molecule has 0 spiro atoms. The maximum atomic E-state index is 12.4. The van der Waals surface area contributed by atoms with Crippen molar-refractivity contribution in [1.82, 2.24) is 4.57 Å². The largest absolute Gasteiger partial charge is 0.507 e. The Balaban J connectivity index is 1.58. The quantitative estimate of drug-likeness (QED) is 0.240. The number of fused-ring (bicyclic) bond motifs is 3. The van der Waals surface area contributed by atoms with Gasteiger partial charge in [0.1, 0.15) is 5.75 Å². The molecule has 0 radical (unpaired) electrons. The Bertz CT molecular complexity index is 1810. The highest BCUT2D eigenvalue weighted by atomic mass is 35.5. The molecule has 5 aromatic carbocycles. The van der Waals surface area contributed by atoms with E-state index in [1.165, 1.54) is 11.1 Å². The molecule has 5 heteroatoms. The SMILES string of the molecule is NC(=O)c1cccc2c1c1c(O)cc(-c3ccc(Cl)cc3)cc1n2Cc1ccccc1Cc1ccccc1. The molecule has 4 nitrogen and oxygen atoms in total. The smallest absolute Gasteiger partial charge is 0.249 e. The van der Waals surface area contributed by atoms with Crippen LogP contribution in [0.1, 0.15) is 27.0 Å². The van der Waals surface area contributed by atoms with E-state index >= 15 is 0 Å². The van der Waals surface area contributed by atoms with Crippen molar-refractivity contribution >= 4 is 39.3 Å². The van der Waals surface area contributed by atoms with E-state index in [-0.39, 0.29) is 5.75 Å². The van der Waals surface area contributed by atoms with Crippen molar-refractivity contribution in [2.24, 2.45) is 5.73 Å². The first-order valence-corrected chi connectivity index (χ1v) is 12.8. The first-order chi connectivity index (χ1) is 18.5. The Morgan fingerprint density at radius 1 is 0.737 bits per heavy atom. The Labute approximate surface area is 225 Å². The van der Waals surface area contributed by atoms with E-state index in [1.807, 2.05) is 48.5 Å². The number of halogens is 1. The fraction of sp³-hybridized carbons (Fsp3) is 0.0606. The van der Waals surface area contributed by atoms with Gasteiger partial charge in [-0.25, -0.2) is 0 Å². The highest BCUT2D eigenvalue weighted by molar-refractivity contribution is 6.30. The predicted octanol–water partition coefficient (Wildman–Crippen LogP) is 7.56. The number of carbonyl (C=O) groups is 1. The fourth-order valence-corrected chi connectivity index (χ4v) is 5.42. The lowest BCUT2D eigenvalue weighted by Crippen LogP contribution is -2.11. The number of aromatic nitrogens is 1. The molecule has 38 heavy (non-hydrogen) atoms. The Kier molecular flexibility index (Phi) is 6.10. The number of hydrogen-bond donors (Lipinski definition) is 2. The maximum Gasteiger partial charge on any atom is 0.249 e. The van der Waals surface area contributed by atoms with E-state index in [0.717, 1.165) is 34.1 Å². The van der Waals surface area contributed by atoms with E-state index < -0.39 is 5.91 Å². The number of benzene rings is 5. The molecule has 0 aliphatic rings. The van der Waals surface area contributed by atoms with Crippen LogP contribution in [0, 0.1) is 0 Å². The Morgan fingerprint density at radius 2 is 1.45 bits per heavy atom. The van der Waals surface area contributed by atoms with Gasteiger partial charge in [0.15, 0.2) is 0 Å². The second-order valence-electron chi connectivity index (χ2n) is 9.48. The van der Waals surface area contributed by atoms with Gasteiger partial charge in [-0.15, -0.1) is 0 Å². The molecular formula is C33H25ClN2O2. The van der Waals surface area contributed by atoms with Crippen LogP contribution in [0.2, 0.25) is 5.02 Å². The van der Waals surface area contributed by atoms with Gasteiger partial charge in [-0.3, -0.25) is 4.79 Å². The third-order valence-corrected chi connectivity index (χ3v) is 7.35. The molecule has 0 atom stereocenters. The van der Waals surface area contributed by atoms with Crippen LogP contribution in [0.4, 0.5) is 0 Å². The van der Waals surface area contributed by atoms with Crippen LogP contribution >= 0.6 is 11.6 Å². The van der Waals surface area contributed by atoms with Crippen LogP contribution < -0.4 is 5.73 Å². The van der Waals surface area contributed by atoms with Crippen molar-refractivity contribution in [1.29, 1.82) is 0 Å². The normalized spacial score (nSPS) is 11.3. The van der Waals surface area contributed by atoms with Gasteiger partial charge in [0.2, 0.25) is 5.91 Å². The average Bonchev–Trinajstić information content (AvgIpc) is 3.24. The topological polar surface area (TPSA) is 68.2 Å². The zero-order valence-electron chi connectivity index (χ0n) is 20.6. The van der Waals surface area contributed by atoms with Gasteiger partial charge < -0.3 is 15.4 Å². The summed E-state index contributed by atoms with van der Waals surface area (Å²) in [4.78, 5) is 12.4. The summed E-state index contributed by atoms with van der Waals surface area (Å²) in [7, 11) is 0. The highest BCUT2D eigenvalue weighted by Crippen LogP contribution is 2.41. The lowest BCUT2D eigenvalue weighted by Gasteiger charge is -2.14. The predicted molar refractivity (Wildman–Crippen MR) is 155 cm³/mol. The molecule has 1 amide bonds. The number of amides is 1. The third kappa shape index (κ3) is 4.29. The number of phenols is 1. The number of carbonyl (C=O) groups excluding carboxylic acids is 1. The van der Waals surface area contributed by atoms with Crippen molar-refractivity contribution in [2.75, 3.05) is 0 Å². The molecule has 0 aliphatic carbocycles. The summed E-state index contributed by atoms with van der Waals surface area (Å²) in [6.07, 6.45) is 0.807. The maximum absolute atomic E-state index is 12.4. The van der Waals surface area contributed by atoms with Crippen LogP contribution in [0.3, 0.4) is 0 Å². The molecule has 0 bridgehead atoms. The van der Waals surface area contributed by atoms with E-state index in [2.05, 4.69) is 53.1 Å². The minimum absolute atomic E-state index is 0.0995. The van der Waals surface area contributed by atoms with Crippen molar-refractivity contribution in [3.05, 3.63) is 136 Å². The second kappa shape index (κ2) is 9.73. The van der Waals surface area contributed by atoms with Gasteiger partial charge in [0, 0.05) is 22.5 Å². The van der Waals surface area contributed by atoms with Gasteiger partial charge >= 0.3 is 0 Å². The molecule has 1 heterocycles. The van der Waals surface area contributed by atoms with Gasteiger partial charge in [-0.05, 0) is 70.6 Å². The van der Waals surface area contributed by atoms with E-state index in [9.17, 15) is 9.90 Å². The summed E-state index contributed by atoms with van der Waals surface area (Å²) in [5, 5.41) is 13.2. The van der Waals surface area contributed by atoms with Crippen molar-refractivity contribution in [2.45, 2.75) is 13.0 Å². The monoisotopic (exact) mass is 516 g/mol. The molecule has 0 aliphatic heterocycles. The number of nitrogens with zero attached hydrogens (tertiary/aromatic N) is 1. The summed E-state index contributed by atoms with van der Waals surface area (Å²) in [5.41, 5.74) is 13.3. The lowest BCUT2D eigenvalue weighted by atomic mass is 9.99. The van der Waals surface area contributed by atoms with Gasteiger partial charge in [0.05, 0.1) is 16.4 Å². The summed E-state index contributed by atoms with van der Waals surface area (Å²) < 4.78 is 2.17. The molecule has 0 fully saturated rings. The highest BCUT2D eigenvalue weighted by Gasteiger charge is 2.21. The number of hydrogen-bond acceptors (Lipinski definition) is 2. The minimum Gasteiger partial charge on any atom is -0.507 e. The molecular weight excluding hydrogens is 492 g/mol.